The lowest BCUT2D eigenvalue weighted by Crippen LogP contribution is -2.48. The number of carboxylic acids is 3. The minimum Gasteiger partial charge on any atom is -0.480 e. The highest BCUT2D eigenvalue weighted by Gasteiger charge is 2.24. The predicted octanol–water partition coefficient (Wildman–Crippen LogP) is 1.07. The maximum Gasteiger partial charge on any atom is 0.317 e. The van der Waals surface area contributed by atoms with Crippen molar-refractivity contribution in [1.29, 1.82) is 0 Å². The quantitative estimate of drug-likeness (QED) is 0.198. The molecule has 1 aromatic carbocycles. The molecule has 0 amide bonds. The van der Waals surface area contributed by atoms with Gasteiger partial charge in [-0.1, -0.05) is 0 Å². The van der Waals surface area contributed by atoms with Crippen molar-refractivity contribution in [2.24, 2.45) is 0 Å². The molecule has 224 valence electrons. The highest BCUT2D eigenvalue weighted by Crippen LogP contribution is 2.29. The zero-order valence-corrected chi connectivity index (χ0v) is 24.0. The molecule has 2 rings (SSSR count). The maximum atomic E-state index is 11.7. The van der Waals surface area contributed by atoms with Crippen LogP contribution in [0.3, 0.4) is 0 Å². The van der Waals surface area contributed by atoms with Crippen LogP contribution in [0.4, 0.5) is 11.4 Å². The smallest absolute Gasteiger partial charge is 0.317 e. The molecule has 3 N–H and O–H groups in total. The lowest BCUT2D eigenvalue weighted by molar-refractivity contribution is -0.384. The van der Waals surface area contributed by atoms with Gasteiger partial charge in [0.2, 0.25) is 0 Å². The van der Waals surface area contributed by atoms with Crippen molar-refractivity contribution in [2.75, 3.05) is 76.9 Å². The first-order chi connectivity index (χ1) is 16.6. The SMILES string of the molecule is Cl.Cl.Cl.Cl.O=Cc1ccc(N2CCN(CC(=O)O)CCN(CC(=O)O)CCN(CC(=O)O)CC2)c([N+](=O)[O-])c1. The Hall–Kier alpha value is -2.46. The molecule has 14 nitrogen and oxygen atoms in total. The van der Waals surface area contributed by atoms with Crippen LogP contribution in [0.2, 0.25) is 0 Å². The number of benzene rings is 1. The molecule has 1 aromatic rings. The first-order valence-corrected chi connectivity index (χ1v) is 10.9. The van der Waals surface area contributed by atoms with E-state index in [0.29, 0.717) is 6.29 Å². The van der Waals surface area contributed by atoms with Crippen LogP contribution in [0.15, 0.2) is 18.2 Å². The highest BCUT2D eigenvalue weighted by molar-refractivity contribution is 5.86. The van der Waals surface area contributed by atoms with E-state index in [1.165, 1.54) is 12.1 Å². The molecule has 1 fully saturated rings. The standard InChI is InChI=1S/C21H29N5O9.4ClH/c27-15-16-1-2-17(18(11-16)26(34)35)25-9-7-23(13-20(30)31)5-3-22(12-19(28)29)4-6-24(8-10-25)14-21(32)33;;;;/h1-2,11,15H,3-10,12-14H2,(H,28,29)(H,30,31)(H,32,33);4*1H. The summed E-state index contributed by atoms with van der Waals surface area (Å²) in [6.45, 7) is 0.877. The summed E-state index contributed by atoms with van der Waals surface area (Å²) in [4.78, 5) is 62.7. The molecule has 0 aromatic heterocycles. The normalized spacial score (nSPS) is 15.4. The summed E-state index contributed by atoms with van der Waals surface area (Å²) in [5, 5.41) is 39.5. The average Bonchev–Trinajstić information content (AvgIpc) is 2.77. The molecule has 0 saturated carbocycles. The molecule has 0 bridgehead atoms. The Kier molecular flexibility index (Phi) is 21.5. The molecule has 18 heteroatoms. The number of aldehydes is 1. The Bertz CT molecular complexity index is 928. The van der Waals surface area contributed by atoms with Crippen molar-refractivity contribution in [2.45, 2.75) is 0 Å². The molecule has 39 heavy (non-hydrogen) atoms. The third-order valence-electron chi connectivity index (χ3n) is 5.59. The van der Waals surface area contributed by atoms with Crippen LogP contribution in [0.1, 0.15) is 10.4 Å². The molecular weight excluding hydrogens is 608 g/mol. The first-order valence-electron chi connectivity index (χ1n) is 10.9. The van der Waals surface area contributed by atoms with Crippen LogP contribution in [0, 0.1) is 10.1 Å². The number of carbonyl (C=O) groups excluding carboxylic acids is 1. The van der Waals surface area contributed by atoms with E-state index in [1.54, 1.807) is 19.6 Å². The van der Waals surface area contributed by atoms with Crippen LogP contribution in [-0.2, 0) is 14.4 Å². The van der Waals surface area contributed by atoms with E-state index in [4.69, 9.17) is 0 Å². The number of nitrogens with zero attached hydrogens (tertiary/aromatic N) is 5. The third-order valence-corrected chi connectivity index (χ3v) is 5.59. The van der Waals surface area contributed by atoms with Crippen molar-refractivity contribution in [3.63, 3.8) is 0 Å². The summed E-state index contributed by atoms with van der Waals surface area (Å²) in [5.41, 5.74) is 0.0768. The monoisotopic (exact) mass is 639 g/mol. The van der Waals surface area contributed by atoms with Gasteiger partial charge in [-0.25, -0.2) is 0 Å². The Balaban J connectivity index is -0.00000324. The van der Waals surface area contributed by atoms with E-state index >= 15 is 0 Å². The van der Waals surface area contributed by atoms with E-state index in [9.17, 15) is 44.6 Å². The zero-order chi connectivity index (χ0) is 26.0. The summed E-state index contributed by atoms with van der Waals surface area (Å²) in [6, 6.07) is 4.05. The molecule has 1 saturated heterocycles. The maximum absolute atomic E-state index is 11.7. The first kappa shape index (κ1) is 41.0. The van der Waals surface area contributed by atoms with Gasteiger partial charge in [0.15, 0.2) is 0 Å². The van der Waals surface area contributed by atoms with Gasteiger partial charge in [-0.3, -0.25) is 44.0 Å². The number of nitro benzene ring substituents is 1. The number of rotatable bonds is 9. The molecule has 1 heterocycles. The predicted molar refractivity (Wildman–Crippen MR) is 152 cm³/mol. The Labute approximate surface area is 249 Å². The van der Waals surface area contributed by atoms with E-state index in [0.717, 1.165) is 6.07 Å². The van der Waals surface area contributed by atoms with Gasteiger partial charge in [0.05, 0.1) is 24.6 Å². The van der Waals surface area contributed by atoms with Gasteiger partial charge in [0.1, 0.15) is 12.0 Å². The second kappa shape index (κ2) is 20.4. The number of aliphatic carboxylic acids is 3. The highest BCUT2D eigenvalue weighted by atomic mass is 35.5. The number of hydrogen-bond acceptors (Lipinski definition) is 10. The van der Waals surface area contributed by atoms with Gasteiger partial charge in [-0.2, -0.15) is 0 Å². The fraction of sp³-hybridized carbons (Fsp3) is 0.524. The second-order valence-corrected chi connectivity index (χ2v) is 8.12. The van der Waals surface area contributed by atoms with Crippen LogP contribution >= 0.6 is 49.6 Å². The molecule has 1 aliphatic heterocycles. The van der Waals surface area contributed by atoms with Crippen LogP contribution in [0.25, 0.3) is 0 Å². The van der Waals surface area contributed by atoms with Gasteiger partial charge >= 0.3 is 17.9 Å². The van der Waals surface area contributed by atoms with Crippen molar-refractivity contribution >= 4 is 85.2 Å². The van der Waals surface area contributed by atoms with E-state index in [2.05, 4.69) is 0 Å². The van der Waals surface area contributed by atoms with Crippen molar-refractivity contribution in [1.82, 2.24) is 14.7 Å². The van der Waals surface area contributed by atoms with E-state index in [-0.39, 0.29) is 139 Å². The Morgan fingerprint density at radius 3 is 1.41 bits per heavy atom. The molecule has 0 unspecified atom stereocenters. The number of nitro groups is 1. The fourth-order valence-electron chi connectivity index (χ4n) is 3.85. The van der Waals surface area contributed by atoms with Crippen molar-refractivity contribution in [3.05, 3.63) is 33.9 Å². The minimum absolute atomic E-state index is 0. The Morgan fingerprint density at radius 1 is 0.744 bits per heavy atom. The second-order valence-electron chi connectivity index (χ2n) is 8.12. The number of carbonyl (C=O) groups is 4. The lowest BCUT2D eigenvalue weighted by Gasteiger charge is -2.33. The summed E-state index contributed by atoms with van der Waals surface area (Å²) >= 11 is 0. The van der Waals surface area contributed by atoms with Gasteiger partial charge in [-0.05, 0) is 12.1 Å². The van der Waals surface area contributed by atoms with Gasteiger partial charge in [-0.15, -0.1) is 49.6 Å². The largest absolute Gasteiger partial charge is 0.480 e. The summed E-state index contributed by atoms with van der Waals surface area (Å²) in [7, 11) is 0. The summed E-state index contributed by atoms with van der Waals surface area (Å²) < 4.78 is 0. The molecule has 0 atom stereocenters. The van der Waals surface area contributed by atoms with Gasteiger partial charge < -0.3 is 20.2 Å². The third kappa shape index (κ3) is 14.5. The molecule has 1 aliphatic rings. The zero-order valence-electron chi connectivity index (χ0n) is 20.7. The minimum atomic E-state index is -1.07. The van der Waals surface area contributed by atoms with Gasteiger partial charge in [0, 0.05) is 64.0 Å². The molecule has 0 aliphatic carbocycles. The number of carboxylic acid groups (broad SMARTS) is 3. The van der Waals surface area contributed by atoms with Gasteiger partial charge in [0.25, 0.3) is 5.69 Å². The van der Waals surface area contributed by atoms with Crippen molar-refractivity contribution in [3.8, 4) is 0 Å². The topological polar surface area (TPSA) is 185 Å². The number of anilines is 1. The van der Waals surface area contributed by atoms with Crippen LogP contribution < -0.4 is 4.90 Å². The summed E-state index contributed by atoms with van der Waals surface area (Å²) in [5.74, 6) is -3.19. The number of halogens is 4. The van der Waals surface area contributed by atoms with Crippen LogP contribution in [0.5, 0.6) is 0 Å². The summed E-state index contributed by atoms with van der Waals surface area (Å²) in [6.07, 6.45) is 0.499. The fourth-order valence-corrected chi connectivity index (χ4v) is 3.85. The molecule has 0 spiro atoms. The molecular formula is C21H33Cl4N5O9. The Morgan fingerprint density at radius 2 is 1.10 bits per heavy atom. The van der Waals surface area contributed by atoms with Crippen molar-refractivity contribution < 1.29 is 39.4 Å². The molecule has 0 radical (unpaired) electrons. The van der Waals surface area contributed by atoms with E-state index in [1.807, 2.05) is 0 Å². The lowest BCUT2D eigenvalue weighted by atomic mass is 10.1. The van der Waals surface area contributed by atoms with Crippen LogP contribution in [-0.4, -0.2) is 131 Å². The number of hydrogen-bond donors (Lipinski definition) is 3. The van der Waals surface area contributed by atoms with E-state index < -0.39 is 22.8 Å². The average molecular weight is 641 g/mol.